The predicted octanol–water partition coefficient (Wildman–Crippen LogP) is 5.15. The zero-order valence-electron chi connectivity index (χ0n) is 15.8. The molecule has 2 aromatic heterocycles. The van der Waals surface area contributed by atoms with Crippen molar-refractivity contribution < 1.29 is 9.32 Å². The zero-order valence-corrected chi connectivity index (χ0v) is 17.3. The molecule has 5 nitrogen and oxygen atoms in total. The second-order valence-corrected chi connectivity index (χ2v) is 7.44. The molecular weight excluding hydrogens is 397 g/mol. The summed E-state index contributed by atoms with van der Waals surface area (Å²) in [7, 11) is 0. The van der Waals surface area contributed by atoms with Gasteiger partial charge in [0.25, 0.3) is 0 Å². The highest BCUT2D eigenvalue weighted by atomic mass is 35.5. The van der Waals surface area contributed by atoms with E-state index in [2.05, 4.69) is 10.1 Å². The van der Waals surface area contributed by atoms with Gasteiger partial charge < -0.3 is 9.42 Å². The Morgan fingerprint density at radius 2 is 1.93 bits per heavy atom. The van der Waals surface area contributed by atoms with Gasteiger partial charge in [-0.1, -0.05) is 40.5 Å². The highest BCUT2D eigenvalue weighted by molar-refractivity contribution is 6.42. The quantitative estimate of drug-likeness (QED) is 0.532. The molecule has 2 heterocycles. The number of rotatable bonds is 7. The Labute approximate surface area is 174 Å². The molecule has 0 unspecified atom stereocenters. The second-order valence-electron chi connectivity index (χ2n) is 6.62. The Hall–Kier alpha value is -2.37. The van der Waals surface area contributed by atoms with E-state index in [9.17, 15) is 4.79 Å². The monoisotopic (exact) mass is 417 g/mol. The van der Waals surface area contributed by atoms with Crippen molar-refractivity contribution in [2.24, 2.45) is 0 Å². The van der Waals surface area contributed by atoms with Crippen LogP contribution in [0.1, 0.15) is 34.7 Å². The first-order valence-corrected chi connectivity index (χ1v) is 9.73. The van der Waals surface area contributed by atoms with Crippen LogP contribution in [-0.4, -0.2) is 20.9 Å². The van der Waals surface area contributed by atoms with Gasteiger partial charge in [0.1, 0.15) is 5.76 Å². The maximum Gasteiger partial charge on any atom is 0.223 e. The molecule has 3 rings (SSSR count). The molecule has 0 saturated heterocycles. The van der Waals surface area contributed by atoms with Crippen LogP contribution in [0.2, 0.25) is 10.0 Å². The number of carbonyl (C=O) groups is 1. The van der Waals surface area contributed by atoms with Gasteiger partial charge in [-0.15, -0.1) is 0 Å². The summed E-state index contributed by atoms with van der Waals surface area (Å²) in [6, 6.07) is 11.1. The third-order valence-electron chi connectivity index (χ3n) is 4.56. The molecule has 0 aliphatic rings. The van der Waals surface area contributed by atoms with Crippen LogP contribution in [0.3, 0.4) is 0 Å². The van der Waals surface area contributed by atoms with E-state index in [-0.39, 0.29) is 5.91 Å². The molecule has 0 saturated carbocycles. The summed E-state index contributed by atoms with van der Waals surface area (Å²) in [6.45, 7) is 4.59. The van der Waals surface area contributed by atoms with Gasteiger partial charge in [-0.05, 0) is 50.1 Å². The lowest BCUT2D eigenvalue weighted by atomic mass is 10.1. The Bertz CT molecular complexity index is 938. The van der Waals surface area contributed by atoms with E-state index >= 15 is 0 Å². The molecule has 0 atom stereocenters. The van der Waals surface area contributed by atoms with Gasteiger partial charge in [0, 0.05) is 24.7 Å². The van der Waals surface area contributed by atoms with E-state index < -0.39 is 0 Å². The van der Waals surface area contributed by atoms with Gasteiger partial charge in [-0.2, -0.15) is 0 Å². The van der Waals surface area contributed by atoms with Crippen LogP contribution in [0.25, 0.3) is 0 Å². The first-order valence-electron chi connectivity index (χ1n) is 8.97. The molecule has 0 aliphatic heterocycles. The van der Waals surface area contributed by atoms with Crippen molar-refractivity contribution in [3.8, 4) is 0 Å². The summed E-state index contributed by atoms with van der Waals surface area (Å²) < 4.78 is 5.19. The van der Waals surface area contributed by atoms with Crippen LogP contribution in [0.15, 0.2) is 47.1 Å². The van der Waals surface area contributed by atoms with Crippen molar-refractivity contribution in [3.05, 3.63) is 80.9 Å². The lowest BCUT2D eigenvalue weighted by molar-refractivity contribution is -0.132. The average Bonchev–Trinajstić information content (AvgIpc) is 3.01. The fourth-order valence-corrected chi connectivity index (χ4v) is 3.35. The SMILES string of the molecule is Cc1noc(C)c1CCC(=O)N(Cc1ccc(Cl)c(Cl)c1)Cc1ccccn1. The van der Waals surface area contributed by atoms with E-state index in [0.29, 0.717) is 36.0 Å². The number of amides is 1. The molecule has 0 spiro atoms. The molecule has 0 fully saturated rings. The Kier molecular flexibility index (Phi) is 6.70. The fourth-order valence-electron chi connectivity index (χ4n) is 3.03. The molecule has 7 heteroatoms. The van der Waals surface area contributed by atoms with Gasteiger partial charge in [0.2, 0.25) is 5.91 Å². The molecule has 0 aliphatic carbocycles. The van der Waals surface area contributed by atoms with Crippen molar-refractivity contribution in [1.29, 1.82) is 0 Å². The van der Waals surface area contributed by atoms with E-state index in [1.165, 1.54) is 0 Å². The standard InChI is InChI=1S/C21H21Cl2N3O2/c1-14-18(15(2)28-25-14)7-9-21(27)26(13-17-5-3-4-10-24-17)12-16-6-8-19(22)20(23)11-16/h3-6,8,10-11H,7,9,12-13H2,1-2H3. The highest BCUT2D eigenvalue weighted by Gasteiger charge is 2.18. The van der Waals surface area contributed by atoms with Crippen molar-refractivity contribution in [1.82, 2.24) is 15.0 Å². The van der Waals surface area contributed by atoms with E-state index in [0.717, 1.165) is 28.3 Å². The number of hydrogen-bond acceptors (Lipinski definition) is 4. The van der Waals surface area contributed by atoms with Gasteiger partial charge in [0.15, 0.2) is 0 Å². The van der Waals surface area contributed by atoms with Crippen LogP contribution in [-0.2, 0) is 24.3 Å². The van der Waals surface area contributed by atoms with Crippen LogP contribution in [0.5, 0.6) is 0 Å². The first kappa shape index (κ1) is 20.4. The largest absolute Gasteiger partial charge is 0.361 e. The van der Waals surface area contributed by atoms with Crippen LogP contribution < -0.4 is 0 Å². The Morgan fingerprint density at radius 3 is 2.57 bits per heavy atom. The molecule has 1 aromatic carbocycles. The average molecular weight is 418 g/mol. The summed E-state index contributed by atoms with van der Waals surface area (Å²) in [5.74, 6) is 0.780. The topological polar surface area (TPSA) is 59.2 Å². The molecule has 146 valence electrons. The smallest absolute Gasteiger partial charge is 0.223 e. The van der Waals surface area contributed by atoms with Gasteiger partial charge in [-0.3, -0.25) is 9.78 Å². The lowest BCUT2D eigenvalue weighted by Gasteiger charge is -2.23. The van der Waals surface area contributed by atoms with Crippen LogP contribution in [0.4, 0.5) is 0 Å². The van der Waals surface area contributed by atoms with E-state index in [4.69, 9.17) is 27.7 Å². The molecule has 0 N–H and O–H groups in total. The van der Waals surface area contributed by atoms with Crippen molar-refractivity contribution in [2.75, 3.05) is 0 Å². The summed E-state index contributed by atoms with van der Waals surface area (Å²) in [4.78, 5) is 19.1. The minimum atomic E-state index is 0.0247. The Morgan fingerprint density at radius 1 is 1.11 bits per heavy atom. The minimum Gasteiger partial charge on any atom is -0.361 e. The molecule has 3 aromatic rings. The molecule has 28 heavy (non-hydrogen) atoms. The summed E-state index contributed by atoms with van der Waals surface area (Å²) in [6.07, 6.45) is 2.66. The zero-order chi connectivity index (χ0) is 20.1. The summed E-state index contributed by atoms with van der Waals surface area (Å²) in [5, 5.41) is 4.92. The highest BCUT2D eigenvalue weighted by Crippen LogP contribution is 2.24. The third-order valence-corrected chi connectivity index (χ3v) is 5.30. The van der Waals surface area contributed by atoms with Gasteiger partial charge in [-0.25, -0.2) is 0 Å². The number of hydrogen-bond donors (Lipinski definition) is 0. The second kappa shape index (κ2) is 9.22. The van der Waals surface area contributed by atoms with Crippen molar-refractivity contribution in [2.45, 2.75) is 39.8 Å². The van der Waals surface area contributed by atoms with Gasteiger partial charge in [0.05, 0.1) is 28.0 Å². The first-order chi connectivity index (χ1) is 13.4. The molecule has 1 amide bonds. The maximum absolute atomic E-state index is 13.0. The van der Waals surface area contributed by atoms with E-state index in [1.807, 2.05) is 38.1 Å². The number of carbonyl (C=O) groups excluding carboxylic acids is 1. The number of pyridine rings is 1. The van der Waals surface area contributed by atoms with Crippen molar-refractivity contribution >= 4 is 29.1 Å². The molecule has 0 radical (unpaired) electrons. The lowest BCUT2D eigenvalue weighted by Crippen LogP contribution is -2.30. The number of halogens is 2. The predicted molar refractivity (Wildman–Crippen MR) is 109 cm³/mol. The third kappa shape index (κ3) is 5.12. The maximum atomic E-state index is 13.0. The summed E-state index contributed by atoms with van der Waals surface area (Å²) in [5.41, 5.74) is 3.55. The van der Waals surface area contributed by atoms with E-state index in [1.54, 1.807) is 23.2 Å². The number of aromatic nitrogens is 2. The van der Waals surface area contributed by atoms with Gasteiger partial charge >= 0.3 is 0 Å². The molecule has 0 bridgehead atoms. The number of nitrogens with zero attached hydrogens (tertiary/aromatic N) is 3. The minimum absolute atomic E-state index is 0.0247. The number of aryl methyl sites for hydroxylation is 2. The van der Waals surface area contributed by atoms with Crippen molar-refractivity contribution in [3.63, 3.8) is 0 Å². The van der Waals surface area contributed by atoms with Crippen LogP contribution in [0, 0.1) is 13.8 Å². The van der Waals surface area contributed by atoms with Crippen LogP contribution >= 0.6 is 23.2 Å². The Balaban J connectivity index is 1.76. The fraction of sp³-hybridized carbons (Fsp3) is 0.286. The summed E-state index contributed by atoms with van der Waals surface area (Å²) >= 11 is 12.1. The normalized spacial score (nSPS) is 10.9. The molecular formula is C21H21Cl2N3O2. The number of benzene rings is 1.